The highest BCUT2D eigenvalue weighted by Gasteiger charge is 2.20. The van der Waals surface area contributed by atoms with E-state index in [2.05, 4.69) is 25.9 Å². The van der Waals surface area contributed by atoms with E-state index >= 15 is 0 Å². The average molecular weight is 327 g/mol. The minimum Gasteiger partial charge on any atom is -0.232 e. The second-order valence-corrected chi connectivity index (χ2v) is 6.09. The second-order valence-electron chi connectivity index (χ2n) is 5.27. The van der Waals surface area contributed by atoms with Crippen molar-refractivity contribution < 1.29 is 8.78 Å². The Labute approximate surface area is 119 Å². The Morgan fingerprint density at radius 1 is 1.05 bits per heavy atom. The average Bonchev–Trinajstić information content (AvgIpc) is 2.30. The lowest BCUT2D eigenvalue weighted by Gasteiger charge is -2.17. The summed E-state index contributed by atoms with van der Waals surface area (Å²) in [5.74, 6) is -0.434. The van der Waals surface area contributed by atoms with Crippen LogP contribution < -0.4 is 0 Å². The van der Waals surface area contributed by atoms with Crippen LogP contribution in [0.15, 0.2) is 28.9 Å². The van der Waals surface area contributed by atoms with E-state index in [0.29, 0.717) is 16.1 Å². The summed E-state index contributed by atoms with van der Waals surface area (Å²) in [6, 6.07) is 4.89. The van der Waals surface area contributed by atoms with Gasteiger partial charge in [-0.05, 0) is 40.2 Å². The van der Waals surface area contributed by atoms with E-state index in [9.17, 15) is 8.78 Å². The normalized spacial score (nSPS) is 11.7. The van der Waals surface area contributed by atoms with Gasteiger partial charge in [-0.2, -0.15) is 0 Å². The Hall–Kier alpha value is -1.36. The molecule has 1 aromatic carbocycles. The van der Waals surface area contributed by atoms with Crippen LogP contribution in [0.2, 0.25) is 0 Å². The monoisotopic (exact) mass is 326 g/mol. The molecule has 0 fully saturated rings. The standard InChI is InChI=1S/C14H13BrF2N2/c1-14(2,3)13-18-11(7-12(15)19-13)9-6-8(16)4-5-10(9)17/h4-7H,1-3H3. The number of halogens is 3. The lowest BCUT2D eigenvalue weighted by Crippen LogP contribution is -2.16. The fourth-order valence-corrected chi connectivity index (χ4v) is 1.97. The Balaban J connectivity index is 2.63. The van der Waals surface area contributed by atoms with Crippen molar-refractivity contribution in [2.24, 2.45) is 0 Å². The highest BCUT2D eigenvalue weighted by Crippen LogP contribution is 2.27. The van der Waals surface area contributed by atoms with Crippen LogP contribution in [-0.4, -0.2) is 9.97 Å². The highest BCUT2D eigenvalue weighted by molar-refractivity contribution is 9.10. The molecule has 2 nitrogen and oxygen atoms in total. The van der Waals surface area contributed by atoms with Gasteiger partial charge in [-0.25, -0.2) is 18.7 Å². The summed E-state index contributed by atoms with van der Waals surface area (Å²) in [5.41, 5.74) is 0.222. The summed E-state index contributed by atoms with van der Waals surface area (Å²) in [7, 11) is 0. The predicted molar refractivity (Wildman–Crippen MR) is 73.8 cm³/mol. The van der Waals surface area contributed by atoms with Crippen LogP contribution in [0.25, 0.3) is 11.3 Å². The zero-order valence-corrected chi connectivity index (χ0v) is 12.4. The Morgan fingerprint density at radius 2 is 1.74 bits per heavy atom. The van der Waals surface area contributed by atoms with E-state index in [1.807, 2.05) is 20.8 Å². The number of hydrogen-bond acceptors (Lipinski definition) is 2. The number of rotatable bonds is 1. The fourth-order valence-electron chi connectivity index (χ4n) is 1.58. The number of aromatic nitrogens is 2. The second kappa shape index (κ2) is 4.96. The summed E-state index contributed by atoms with van der Waals surface area (Å²) < 4.78 is 27.6. The molecule has 2 aromatic rings. The molecular formula is C14H13BrF2N2. The summed E-state index contributed by atoms with van der Waals surface area (Å²) >= 11 is 3.28. The minimum atomic E-state index is -0.508. The van der Waals surface area contributed by atoms with Gasteiger partial charge in [0.2, 0.25) is 0 Å². The van der Waals surface area contributed by atoms with E-state index in [0.717, 1.165) is 18.2 Å². The molecule has 2 rings (SSSR count). The molecule has 0 unspecified atom stereocenters. The van der Waals surface area contributed by atoms with Gasteiger partial charge in [-0.1, -0.05) is 20.8 Å². The minimum absolute atomic E-state index is 0.133. The first-order valence-electron chi connectivity index (χ1n) is 5.78. The summed E-state index contributed by atoms with van der Waals surface area (Å²) in [6.45, 7) is 5.88. The van der Waals surface area contributed by atoms with Gasteiger partial charge in [-0.15, -0.1) is 0 Å². The van der Waals surface area contributed by atoms with Crippen molar-refractivity contribution in [1.82, 2.24) is 9.97 Å². The maximum Gasteiger partial charge on any atom is 0.135 e. The van der Waals surface area contributed by atoms with E-state index < -0.39 is 11.6 Å². The SMILES string of the molecule is CC(C)(C)c1nc(Br)cc(-c2cc(F)ccc2F)n1. The Bertz CT molecular complexity index is 621. The van der Waals surface area contributed by atoms with Gasteiger partial charge in [0.05, 0.1) is 5.69 Å². The quantitative estimate of drug-likeness (QED) is 0.722. The van der Waals surface area contributed by atoms with Gasteiger partial charge in [0.25, 0.3) is 0 Å². The van der Waals surface area contributed by atoms with Crippen LogP contribution in [0.1, 0.15) is 26.6 Å². The first-order chi connectivity index (χ1) is 8.77. The Morgan fingerprint density at radius 3 is 2.37 bits per heavy atom. The molecule has 0 aliphatic heterocycles. The third-order valence-corrected chi connectivity index (χ3v) is 2.98. The van der Waals surface area contributed by atoms with Crippen LogP contribution in [0.5, 0.6) is 0 Å². The highest BCUT2D eigenvalue weighted by atomic mass is 79.9. The molecule has 0 radical (unpaired) electrons. The van der Waals surface area contributed by atoms with E-state index in [4.69, 9.17) is 0 Å². The molecule has 5 heteroatoms. The number of benzene rings is 1. The smallest absolute Gasteiger partial charge is 0.135 e. The van der Waals surface area contributed by atoms with Gasteiger partial charge in [0, 0.05) is 11.0 Å². The number of nitrogens with zero attached hydrogens (tertiary/aromatic N) is 2. The van der Waals surface area contributed by atoms with Crippen LogP contribution in [-0.2, 0) is 5.41 Å². The maximum atomic E-state index is 13.8. The molecular weight excluding hydrogens is 314 g/mol. The van der Waals surface area contributed by atoms with E-state index in [-0.39, 0.29) is 11.0 Å². The van der Waals surface area contributed by atoms with Crippen LogP contribution in [0.3, 0.4) is 0 Å². The molecule has 100 valence electrons. The summed E-state index contributed by atoms with van der Waals surface area (Å²) in [5, 5.41) is 0. The predicted octanol–water partition coefficient (Wildman–Crippen LogP) is 4.48. The van der Waals surface area contributed by atoms with Gasteiger partial charge in [-0.3, -0.25) is 0 Å². The first kappa shape index (κ1) is 14.1. The topological polar surface area (TPSA) is 25.8 Å². The molecule has 0 amide bonds. The van der Waals surface area contributed by atoms with Crippen molar-refractivity contribution in [3.05, 3.63) is 46.3 Å². The van der Waals surface area contributed by atoms with E-state index in [1.165, 1.54) is 0 Å². The molecule has 1 heterocycles. The summed E-state index contributed by atoms with van der Waals surface area (Å²) in [4.78, 5) is 8.60. The molecule has 0 spiro atoms. The van der Waals surface area contributed by atoms with Crippen molar-refractivity contribution >= 4 is 15.9 Å². The van der Waals surface area contributed by atoms with Gasteiger partial charge in [0.1, 0.15) is 22.1 Å². The van der Waals surface area contributed by atoms with Gasteiger partial charge >= 0.3 is 0 Å². The third kappa shape index (κ3) is 3.15. The largest absolute Gasteiger partial charge is 0.232 e. The molecule has 0 N–H and O–H groups in total. The lowest BCUT2D eigenvalue weighted by atomic mass is 9.95. The summed E-state index contributed by atoms with van der Waals surface area (Å²) in [6.07, 6.45) is 0. The zero-order chi connectivity index (χ0) is 14.2. The fraction of sp³-hybridized carbons (Fsp3) is 0.286. The van der Waals surface area contributed by atoms with Gasteiger partial charge in [0.15, 0.2) is 0 Å². The van der Waals surface area contributed by atoms with Crippen LogP contribution >= 0.6 is 15.9 Å². The lowest BCUT2D eigenvalue weighted by molar-refractivity contribution is 0.543. The van der Waals surface area contributed by atoms with Crippen molar-refractivity contribution in [2.75, 3.05) is 0 Å². The molecule has 19 heavy (non-hydrogen) atoms. The van der Waals surface area contributed by atoms with Crippen molar-refractivity contribution in [3.63, 3.8) is 0 Å². The number of hydrogen-bond donors (Lipinski definition) is 0. The van der Waals surface area contributed by atoms with Crippen LogP contribution in [0, 0.1) is 11.6 Å². The molecule has 0 aliphatic carbocycles. The van der Waals surface area contributed by atoms with Crippen molar-refractivity contribution in [3.8, 4) is 11.3 Å². The molecule has 1 aromatic heterocycles. The van der Waals surface area contributed by atoms with Crippen molar-refractivity contribution in [1.29, 1.82) is 0 Å². The van der Waals surface area contributed by atoms with Gasteiger partial charge < -0.3 is 0 Å². The van der Waals surface area contributed by atoms with Crippen molar-refractivity contribution in [2.45, 2.75) is 26.2 Å². The maximum absolute atomic E-state index is 13.8. The Kier molecular flexibility index (Phi) is 3.67. The molecule has 0 saturated heterocycles. The molecule has 0 saturated carbocycles. The third-order valence-electron chi connectivity index (χ3n) is 2.57. The first-order valence-corrected chi connectivity index (χ1v) is 6.57. The molecule has 0 bridgehead atoms. The zero-order valence-electron chi connectivity index (χ0n) is 10.8. The van der Waals surface area contributed by atoms with E-state index in [1.54, 1.807) is 6.07 Å². The molecule has 0 aliphatic rings. The molecule has 0 atom stereocenters. The van der Waals surface area contributed by atoms with Crippen LogP contribution in [0.4, 0.5) is 8.78 Å².